The molecule has 1 N–H and O–H groups in total. The summed E-state index contributed by atoms with van der Waals surface area (Å²) >= 11 is 0. The van der Waals surface area contributed by atoms with Crippen LogP contribution in [0.25, 0.3) is 5.69 Å². The summed E-state index contributed by atoms with van der Waals surface area (Å²) in [7, 11) is 3.14. The topological polar surface area (TPSA) is 91.2 Å². The number of nitrogens with zero attached hydrogens (tertiary/aromatic N) is 4. The van der Waals surface area contributed by atoms with Gasteiger partial charge in [-0.05, 0) is 34.7 Å². The predicted molar refractivity (Wildman–Crippen MR) is 91.0 cm³/mol. The minimum absolute atomic E-state index is 0.155. The second kappa shape index (κ2) is 7.43. The number of carbonyl (C=O) groups is 1. The van der Waals surface area contributed by atoms with Gasteiger partial charge in [-0.3, -0.25) is 4.79 Å². The van der Waals surface area contributed by atoms with Gasteiger partial charge in [-0.15, -0.1) is 5.10 Å². The zero-order chi connectivity index (χ0) is 17.6. The quantitative estimate of drug-likeness (QED) is 0.737. The Kier molecular flexibility index (Phi) is 4.89. The Hall–Kier alpha value is -3.42. The van der Waals surface area contributed by atoms with Crippen LogP contribution in [0.5, 0.6) is 11.5 Å². The molecule has 0 aliphatic rings. The summed E-state index contributed by atoms with van der Waals surface area (Å²) in [6.07, 6.45) is 1.66. The average Bonchev–Trinajstić information content (AvgIpc) is 3.16. The monoisotopic (exact) mass is 339 g/mol. The van der Waals surface area contributed by atoms with Crippen molar-refractivity contribution in [1.29, 1.82) is 0 Å². The SMILES string of the molecule is COc1ccccc1CC(=O)Nc1ccc(OC)c(-n2cnnn2)c1. The second-order valence-corrected chi connectivity index (χ2v) is 5.18. The van der Waals surface area contributed by atoms with Crippen LogP contribution >= 0.6 is 0 Å². The highest BCUT2D eigenvalue weighted by atomic mass is 16.5. The number of para-hydroxylation sites is 1. The first-order valence-corrected chi connectivity index (χ1v) is 7.54. The molecule has 1 heterocycles. The van der Waals surface area contributed by atoms with E-state index < -0.39 is 0 Å². The van der Waals surface area contributed by atoms with Crippen molar-refractivity contribution in [3.63, 3.8) is 0 Å². The Balaban J connectivity index is 1.79. The lowest BCUT2D eigenvalue weighted by molar-refractivity contribution is -0.115. The molecule has 25 heavy (non-hydrogen) atoms. The van der Waals surface area contributed by atoms with Crippen LogP contribution in [0.1, 0.15) is 5.56 Å². The molecule has 128 valence electrons. The van der Waals surface area contributed by atoms with Gasteiger partial charge in [0.25, 0.3) is 0 Å². The van der Waals surface area contributed by atoms with E-state index in [0.29, 0.717) is 22.9 Å². The van der Waals surface area contributed by atoms with Crippen LogP contribution < -0.4 is 14.8 Å². The number of methoxy groups -OCH3 is 2. The van der Waals surface area contributed by atoms with Gasteiger partial charge in [0.15, 0.2) is 0 Å². The Bertz CT molecular complexity index is 864. The molecule has 0 atom stereocenters. The maximum absolute atomic E-state index is 12.4. The molecule has 1 amide bonds. The third-order valence-corrected chi connectivity index (χ3v) is 3.60. The lowest BCUT2D eigenvalue weighted by atomic mass is 10.1. The maximum Gasteiger partial charge on any atom is 0.228 e. The highest BCUT2D eigenvalue weighted by Gasteiger charge is 2.12. The van der Waals surface area contributed by atoms with Crippen molar-refractivity contribution in [2.45, 2.75) is 6.42 Å². The number of amides is 1. The number of rotatable bonds is 6. The molecule has 0 radical (unpaired) electrons. The first-order chi connectivity index (χ1) is 12.2. The molecule has 2 aromatic carbocycles. The van der Waals surface area contributed by atoms with Crippen molar-refractivity contribution in [1.82, 2.24) is 20.2 Å². The molecule has 3 aromatic rings. The third kappa shape index (κ3) is 3.74. The minimum Gasteiger partial charge on any atom is -0.496 e. The number of carbonyl (C=O) groups excluding carboxylic acids is 1. The highest BCUT2D eigenvalue weighted by molar-refractivity contribution is 5.93. The fourth-order valence-electron chi connectivity index (χ4n) is 2.45. The van der Waals surface area contributed by atoms with Crippen LogP contribution in [-0.2, 0) is 11.2 Å². The van der Waals surface area contributed by atoms with Gasteiger partial charge in [0.2, 0.25) is 5.91 Å². The zero-order valence-corrected chi connectivity index (χ0v) is 13.8. The molecule has 0 spiro atoms. The van der Waals surface area contributed by atoms with Crippen LogP contribution in [0.2, 0.25) is 0 Å². The smallest absolute Gasteiger partial charge is 0.228 e. The lowest BCUT2D eigenvalue weighted by Gasteiger charge is -2.12. The first-order valence-electron chi connectivity index (χ1n) is 7.54. The van der Waals surface area contributed by atoms with E-state index in [1.54, 1.807) is 32.4 Å². The molecular formula is C17H17N5O3. The number of nitrogens with one attached hydrogen (secondary N) is 1. The molecule has 3 rings (SSSR count). The van der Waals surface area contributed by atoms with Crippen molar-refractivity contribution in [3.8, 4) is 17.2 Å². The molecule has 0 bridgehead atoms. The lowest BCUT2D eigenvalue weighted by Crippen LogP contribution is -2.15. The molecule has 8 nitrogen and oxygen atoms in total. The highest BCUT2D eigenvalue weighted by Crippen LogP contribution is 2.26. The fourth-order valence-corrected chi connectivity index (χ4v) is 2.45. The fraction of sp³-hybridized carbons (Fsp3) is 0.176. The van der Waals surface area contributed by atoms with Gasteiger partial charge in [0.1, 0.15) is 23.5 Å². The molecule has 0 aliphatic carbocycles. The summed E-state index contributed by atoms with van der Waals surface area (Å²) < 4.78 is 12.0. The van der Waals surface area contributed by atoms with Gasteiger partial charge in [-0.2, -0.15) is 4.68 Å². The number of aromatic nitrogens is 4. The van der Waals surface area contributed by atoms with E-state index in [9.17, 15) is 4.79 Å². The van der Waals surface area contributed by atoms with E-state index in [-0.39, 0.29) is 12.3 Å². The summed E-state index contributed by atoms with van der Waals surface area (Å²) in [5.74, 6) is 1.12. The summed E-state index contributed by atoms with van der Waals surface area (Å²) in [5.41, 5.74) is 2.06. The average molecular weight is 339 g/mol. The van der Waals surface area contributed by atoms with Crippen molar-refractivity contribution in [3.05, 3.63) is 54.4 Å². The summed E-state index contributed by atoms with van der Waals surface area (Å²) in [5, 5.41) is 13.9. The number of tetrazole rings is 1. The van der Waals surface area contributed by atoms with E-state index in [1.165, 1.54) is 11.0 Å². The van der Waals surface area contributed by atoms with Crippen LogP contribution in [-0.4, -0.2) is 40.3 Å². The summed E-state index contributed by atoms with van der Waals surface area (Å²) in [4.78, 5) is 12.4. The van der Waals surface area contributed by atoms with Crippen molar-refractivity contribution in [2.24, 2.45) is 0 Å². The molecule has 0 aliphatic heterocycles. The molecule has 0 fully saturated rings. The van der Waals surface area contributed by atoms with Gasteiger partial charge in [0, 0.05) is 11.3 Å². The number of hydrogen-bond acceptors (Lipinski definition) is 6. The first kappa shape index (κ1) is 16.4. The molecular weight excluding hydrogens is 322 g/mol. The summed E-state index contributed by atoms with van der Waals surface area (Å²) in [6.45, 7) is 0. The van der Waals surface area contributed by atoms with Gasteiger partial charge in [0.05, 0.1) is 20.6 Å². The normalized spacial score (nSPS) is 10.3. The van der Waals surface area contributed by atoms with Crippen LogP contribution in [0.3, 0.4) is 0 Å². The van der Waals surface area contributed by atoms with E-state index in [2.05, 4.69) is 20.8 Å². The van der Waals surface area contributed by atoms with Crippen molar-refractivity contribution >= 4 is 11.6 Å². The van der Waals surface area contributed by atoms with Gasteiger partial charge < -0.3 is 14.8 Å². The molecule has 1 aromatic heterocycles. The Morgan fingerprint density at radius 2 is 1.92 bits per heavy atom. The summed E-state index contributed by atoms with van der Waals surface area (Å²) in [6, 6.07) is 12.7. The number of benzene rings is 2. The Labute approximate surface area is 144 Å². The third-order valence-electron chi connectivity index (χ3n) is 3.60. The minimum atomic E-state index is -0.155. The van der Waals surface area contributed by atoms with E-state index in [0.717, 1.165) is 5.56 Å². The second-order valence-electron chi connectivity index (χ2n) is 5.18. The van der Waals surface area contributed by atoms with E-state index in [1.807, 2.05) is 24.3 Å². The Morgan fingerprint density at radius 3 is 2.64 bits per heavy atom. The molecule has 0 saturated carbocycles. The Morgan fingerprint density at radius 1 is 1.12 bits per heavy atom. The van der Waals surface area contributed by atoms with Crippen molar-refractivity contribution < 1.29 is 14.3 Å². The van der Waals surface area contributed by atoms with Gasteiger partial charge in [-0.1, -0.05) is 18.2 Å². The van der Waals surface area contributed by atoms with Crippen LogP contribution in [0.15, 0.2) is 48.8 Å². The van der Waals surface area contributed by atoms with Gasteiger partial charge in [-0.25, -0.2) is 0 Å². The van der Waals surface area contributed by atoms with Crippen LogP contribution in [0, 0.1) is 0 Å². The largest absolute Gasteiger partial charge is 0.496 e. The van der Waals surface area contributed by atoms with Crippen molar-refractivity contribution in [2.75, 3.05) is 19.5 Å². The standard InChI is InChI=1S/C17H17N5O3/c1-24-15-6-4-3-5-12(15)9-17(23)19-13-7-8-16(25-2)14(10-13)22-11-18-20-21-22/h3-8,10-11H,9H2,1-2H3,(H,19,23). The number of ether oxygens (including phenoxy) is 2. The van der Waals surface area contributed by atoms with E-state index >= 15 is 0 Å². The van der Waals surface area contributed by atoms with E-state index in [4.69, 9.17) is 9.47 Å². The molecule has 0 unspecified atom stereocenters. The van der Waals surface area contributed by atoms with Gasteiger partial charge >= 0.3 is 0 Å². The zero-order valence-electron chi connectivity index (χ0n) is 13.8. The molecule has 8 heteroatoms. The number of hydrogen-bond donors (Lipinski definition) is 1. The predicted octanol–water partition coefficient (Wildman–Crippen LogP) is 1.86. The maximum atomic E-state index is 12.4. The number of anilines is 1. The molecule has 0 saturated heterocycles. The van der Waals surface area contributed by atoms with Crippen LogP contribution in [0.4, 0.5) is 5.69 Å².